The Morgan fingerprint density at radius 1 is 1.16 bits per heavy atom. The summed E-state index contributed by atoms with van der Waals surface area (Å²) in [7, 11) is -3.75. The Morgan fingerprint density at radius 3 is 2.60 bits per heavy atom. The van der Waals surface area contributed by atoms with Gasteiger partial charge in [0, 0.05) is 30.2 Å². The highest BCUT2D eigenvalue weighted by Gasteiger charge is 2.23. The first-order valence-electron chi connectivity index (χ1n) is 13.6. The number of anilines is 1. The molecule has 0 saturated heterocycles. The minimum absolute atomic E-state index is 0.0328. The molecule has 0 fully saturated rings. The third kappa shape index (κ3) is 8.67. The molecule has 2 aromatic carbocycles. The quantitative estimate of drug-likeness (QED) is 0.138. The Hall–Kier alpha value is -3.23. The molecule has 2 heterocycles. The second-order valence-electron chi connectivity index (χ2n) is 9.84. The van der Waals surface area contributed by atoms with Crippen LogP contribution in [0.2, 0.25) is 5.02 Å². The highest BCUT2D eigenvalue weighted by Crippen LogP contribution is 2.28. The number of aryl methyl sites for hydroxylation is 1. The molecule has 0 radical (unpaired) electrons. The fourth-order valence-electron chi connectivity index (χ4n) is 4.28. The first-order chi connectivity index (χ1) is 20.5. The lowest BCUT2D eigenvalue weighted by molar-refractivity contribution is -0.121. The minimum atomic E-state index is -3.75. The molecule has 4 rings (SSSR count). The molecular weight excluding hydrogens is 630 g/mol. The number of halogens is 1. The number of hydrogen-bond donors (Lipinski definition) is 3. The fourth-order valence-corrected chi connectivity index (χ4v) is 6.79. The van der Waals surface area contributed by atoms with Crippen molar-refractivity contribution in [3.8, 4) is 0 Å². The van der Waals surface area contributed by atoms with Crippen LogP contribution in [0.5, 0.6) is 0 Å². The summed E-state index contributed by atoms with van der Waals surface area (Å²) in [6.45, 7) is 4.41. The Bertz CT molecular complexity index is 1790. The van der Waals surface area contributed by atoms with Gasteiger partial charge in [-0.3, -0.25) is 19.0 Å². The van der Waals surface area contributed by atoms with Gasteiger partial charge in [0.05, 0.1) is 15.7 Å². The summed E-state index contributed by atoms with van der Waals surface area (Å²) in [5.41, 5.74) is 2.74. The van der Waals surface area contributed by atoms with Crippen molar-refractivity contribution in [2.75, 3.05) is 11.9 Å². The number of aromatic nitrogens is 2. The first-order valence-corrected chi connectivity index (χ1v) is 17.2. The number of nitrogens with zero attached hydrogens (tertiary/aromatic N) is 2. The van der Waals surface area contributed by atoms with Gasteiger partial charge in [-0.15, -0.1) is 11.3 Å². The van der Waals surface area contributed by atoms with Gasteiger partial charge in [-0.2, -0.15) is 0 Å². The van der Waals surface area contributed by atoms with Crippen molar-refractivity contribution >= 4 is 72.4 Å². The molecular formula is C29H32ClN5O5S3. The second-order valence-corrected chi connectivity index (χ2v) is 13.9. The summed E-state index contributed by atoms with van der Waals surface area (Å²) >= 11 is 8.65. The van der Waals surface area contributed by atoms with Crippen molar-refractivity contribution in [1.29, 1.82) is 0 Å². The lowest BCUT2D eigenvalue weighted by Gasteiger charge is -2.18. The van der Waals surface area contributed by atoms with Gasteiger partial charge in [-0.25, -0.2) is 18.5 Å². The van der Waals surface area contributed by atoms with Gasteiger partial charge in [0.25, 0.3) is 5.56 Å². The maximum absolute atomic E-state index is 13.4. The van der Waals surface area contributed by atoms with Crippen LogP contribution in [0.1, 0.15) is 37.3 Å². The summed E-state index contributed by atoms with van der Waals surface area (Å²) in [4.78, 5) is 43.8. The number of sulfonamides is 1. The van der Waals surface area contributed by atoms with Crippen LogP contribution in [-0.4, -0.2) is 41.6 Å². The van der Waals surface area contributed by atoms with Crippen LogP contribution in [0.3, 0.4) is 0 Å². The highest BCUT2D eigenvalue weighted by molar-refractivity contribution is 8.00. The van der Waals surface area contributed by atoms with Crippen LogP contribution >= 0.6 is 34.7 Å². The second kappa shape index (κ2) is 14.5. The maximum Gasteiger partial charge on any atom is 0.272 e. The lowest BCUT2D eigenvalue weighted by Crippen LogP contribution is -2.29. The van der Waals surface area contributed by atoms with E-state index < -0.39 is 15.3 Å². The molecule has 0 unspecified atom stereocenters. The molecule has 14 heteroatoms. The zero-order valence-corrected chi connectivity index (χ0v) is 26.8. The van der Waals surface area contributed by atoms with E-state index in [1.165, 1.54) is 35.2 Å². The van der Waals surface area contributed by atoms with Gasteiger partial charge >= 0.3 is 0 Å². The number of benzene rings is 2. The van der Waals surface area contributed by atoms with Crippen molar-refractivity contribution in [3.05, 3.63) is 80.4 Å². The van der Waals surface area contributed by atoms with Crippen LogP contribution in [0.15, 0.2) is 68.8 Å². The molecule has 2 aromatic heterocycles. The summed E-state index contributed by atoms with van der Waals surface area (Å²) in [5.74, 6) is -0.390. The summed E-state index contributed by atoms with van der Waals surface area (Å²) in [5, 5.41) is 13.1. The van der Waals surface area contributed by atoms with Crippen LogP contribution in [0.4, 0.5) is 5.69 Å². The number of nitrogens with two attached hydrogens (primary N) is 1. The Kier molecular flexibility index (Phi) is 11.0. The summed E-state index contributed by atoms with van der Waals surface area (Å²) < 4.78 is 24.9. The highest BCUT2D eigenvalue weighted by atomic mass is 35.5. The molecule has 4 N–H and O–H groups in total. The number of amides is 2. The molecule has 0 saturated carbocycles. The van der Waals surface area contributed by atoms with E-state index in [4.69, 9.17) is 21.7 Å². The van der Waals surface area contributed by atoms with E-state index in [0.717, 1.165) is 11.1 Å². The number of hydrogen-bond acceptors (Lipinski definition) is 8. The van der Waals surface area contributed by atoms with Gasteiger partial charge in [0.15, 0.2) is 5.16 Å². The van der Waals surface area contributed by atoms with Crippen molar-refractivity contribution in [1.82, 2.24) is 14.9 Å². The number of nitrogens with one attached hydrogen (secondary N) is 2. The Balaban J connectivity index is 1.38. The zero-order chi connectivity index (χ0) is 31.1. The van der Waals surface area contributed by atoms with E-state index >= 15 is 0 Å². The smallest absolute Gasteiger partial charge is 0.272 e. The number of carbonyl (C=O) groups is 2. The van der Waals surface area contributed by atoms with Crippen LogP contribution in [0.25, 0.3) is 10.2 Å². The van der Waals surface area contributed by atoms with Gasteiger partial charge in [-0.1, -0.05) is 48.5 Å². The standard InChI is InChI=1S/C29H32ClN5O5S3/c1-3-24(27(37)33-23-17-20(30)9-6-18(23)2)42-29-34-22-13-16-41-26(22)28(38)35(29)15-4-5-25(36)32-14-12-19-7-10-21(11-8-19)43(31,39)40/h6-11,13,16-17,24H,3-5,12,14-15H2,1-2H3,(H,32,36)(H,33,37)(H2,31,39,40)/t24-/m1/s1. The third-order valence-corrected chi connectivity index (χ3v) is 10.1. The topological polar surface area (TPSA) is 153 Å². The molecule has 0 bridgehead atoms. The van der Waals surface area contributed by atoms with Crippen molar-refractivity contribution in [2.24, 2.45) is 5.14 Å². The number of primary sulfonamides is 1. The number of carbonyl (C=O) groups excluding carboxylic acids is 2. The van der Waals surface area contributed by atoms with Crippen LogP contribution in [-0.2, 0) is 32.6 Å². The molecule has 0 aliphatic rings. The molecule has 43 heavy (non-hydrogen) atoms. The van der Waals surface area contributed by atoms with E-state index in [-0.39, 0.29) is 35.2 Å². The lowest BCUT2D eigenvalue weighted by atomic mass is 10.1. The zero-order valence-electron chi connectivity index (χ0n) is 23.6. The van der Waals surface area contributed by atoms with Crippen molar-refractivity contribution in [2.45, 2.75) is 61.4 Å². The van der Waals surface area contributed by atoms with Crippen LogP contribution in [0, 0.1) is 6.92 Å². The summed E-state index contributed by atoms with van der Waals surface area (Å²) in [6, 6.07) is 13.3. The normalized spacial score (nSPS) is 12.3. The number of thiophene rings is 1. The van der Waals surface area contributed by atoms with E-state index in [2.05, 4.69) is 10.6 Å². The largest absolute Gasteiger partial charge is 0.356 e. The molecule has 2 amide bonds. The molecule has 0 aliphatic carbocycles. The third-order valence-electron chi connectivity index (χ3n) is 6.67. The van der Waals surface area contributed by atoms with Crippen molar-refractivity contribution in [3.63, 3.8) is 0 Å². The first kappa shape index (κ1) is 32.7. The predicted molar refractivity (Wildman–Crippen MR) is 172 cm³/mol. The Labute approximate surface area is 263 Å². The number of rotatable bonds is 13. The average Bonchev–Trinajstić information content (AvgIpc) is 3.44. The predicted octanol–water partition coefficient (Wildman–Crippen LogP) is 4.72. The van der Waals surface area contributed by atoms with E-state index in [0.29, 0.717) is 51.9 Å². The molecule has 228 valence electrons. The van der Waals surface area contributed by atoms with E-state index in [9.17, 15) is 22.8 Å². The van der Waals surface area contributed by atoms with Gasteiger partial charge in [-0.05, 0) is 73.0 Å². The fraction of sp³-hybridized carbons (Fsp3) is 0.310. The van der Waals surface area contributed by atoms with E-state index in [1.807, 2.05) is 19.9 Å². The van der Waals surface area contributed by atoms with Crippen LogP contribution < -0.4 is 21.3 Å². The number of thioether (sulfide) groups is 1. The SMILES string of the molecule is CC[C@@H](Sc1nc2ccsc2c(=O)n1CCCC(=O)NCCc1ccc(S(N)(=O)=O)cc1)C(=O)Nc1cc(Cl)ccc1C. The van der Waals surface area contributed by atoms with Crippen molar-refractivity contribution < 1.29 is 18.0 Å². The molecule has 0 aliphatic heterocycles. The summed E-state index contributed by atoms with van der Waals surface area (Å²) in [6.07, 6.45) is 1.60. The van der Waals surface area contributed by atoms with Gasteiger partial charge in [0.1, 0.15) is 4.70 Å². The number of fused-ring (bicyclic) bond motifs is 1. The minimum Gasteiger partial charge on any atom is -0.356 e. The monoisotopic (exact) mass is 661 g/mol. The maximum atomic E-state index is 13.4. The Morgan fingerprint density at radius 2 is 1.91 bits per heavy atom. The molecule has 0 spiro atoms. The molecule has 10 nitrogen and oxygen atoms in total. The molecule has 4 aromatic rings. The van der Waals surface area contributed by atoms with E-state index in [1.54, 1.807) is 40.3 Å². The average molecular weight is 662 g/mol. The van der Waals surface area contributed by atoms with Gasteiger partial charge < -0.3 is 10.6 Å². The molecule has 1 atom stereocenters. The van der Waals surface area contributed by atoms with Gasteiger partial charge in [0.2, 0.25) is 21.8 Å².